The smallest absolute Gasteiger partial charge is 0.161 e. The first-order valence-electron chi connectivity index (χ1n) is 5.67. The average Bonchev–Trinajstić information content (AvgIpc) is 2.25. The van der Waals surface area contributed by atoms with Crippen molar-refractivity contribution in [2.45, 2.75) is 52.8 Å². The van der Waals surface area contributed by atoms with E-state index in [9.17, 15) is 0 Å². The van der Waals surface area contributed by atoms with Crippen molar-refractivity contribution in [1.82, 2.24) is 0 Å². The fraction of sp³-hybridized carbons (Fsp3) is 0.692. The second kappa shape index (κ2) is 4.10. The molecule has 0 nitrogen and oxygen atoms in total. The fourth-order valence-electron chi connectivity index (χ4n) is 2.24. The number of halogens is 1. The number of rotatable bonds is 2. The summed E-state index contributed by atoms with van der Waals surface area (Å²) in [6.07, 6.45) is 5.90. The van der Waals surface area contributed by atoms with Crippen LogP contribution in [0.3, 0.4) is 0 Å². The normalized spacial score (nSPS) is 22.7. The zero-order valence-electron chi connectivity index (χ0n) is 10.8. The van der Waals surface area contributed by atoms with Crippen molar-refractivity contribution in [3.05, 3.63) is 23.3 Å². The zero-order valence-corrected chi connectivity index (χ0v) is 12.6. The van der Waals surface area contributed by atoms with Gasteiger partial charge in [0.1, 0.15) is 0 Å². The van der Waals surface area contributed by atoms with Gasteiger partial charge in [-0.25, -0.2) is 0 Å². The summed E-state index contributed by atoms with van der Waals surface area (Å²) in [5.41, 5.74) is 3.85. The van der Waals surface area contributed by atoms with E-state index in [1.165, 1.54) is 11.1 Å². The van der Waals surface area contributed by atoms with Crippen LogP contribution in [0, 0.1) is 5.41 Å². The molecule has 0 aromatic carbocycles. The molecule has 1 aliphatic rings. The van der Waals surface area contributed by atoms with E-state index < -0.39 is 7.38 Å². The third-order valence-electron chi connectivity index (χ3n) is 2.76. The minimum absolute atomic E-state index is 0.371. The summed E-state index contributed by atoms with van der Waals surface area (Å²) in [6.45, 7) is 13.5. The lowest BCUT2D eigenvalue weighted by atomic mass is 9.88. The molecule has 0 saturated heterocycles. The quantitative estimate of drug-likeness (QED) is 0.466. The van der Waals surface area contributed by atoms with E-state index in [-0.39, 0.29) is 0 Å². The molecule has 1 rings (SSSR count). The summed E-state index contributed by atoms with van der Waals surface area (Å²) in [5, 5.41) is 0. The highest BCUT2D eigenvalue weighted by molar-refractivity contribution is 7.20. The summed E-state index contributed by atoms with van der Waals surface area (Å²) in [4.78, 5) is 0. The van der Waals surface area contributed by atoms with E-state index >= 15 is 0 Å². The second-order valence-corrected chi connectivity index (χ2v) is 13.1. The fourth-order valence-corrected chi connectivity index (χ4v) is 4.72. The monoisotopic (exact) mass is 242 g/mol. The predicted molar refractivity (Wildman–Crippen MR) is 73.0 cm³/mol. The third kappa shape index (κ3) is 3.80. The van der Waals surface area contributed by atoms with Crippen LogP contribution < -0.4 is 0 Å². The van der Waals surface area contributed by atoms with Crippen molar-refractivity contribution in [1.29, 1.82) is 0 Å². The van der Waals surface area contributed by atoms with E-state index in [0.717, 1.165) is 6.42 Å². The molecule has 0 radical (unpaired) electrons. The van der Waals surface area contributed by atoms with Gasteiger partial charge in [-0.15, -0.1) is 0 Å². The Kier molecular flexibility index (Phi) is 3.57. The molecule has 0 aromatic rings. The lowest BCUT2D eigenvalue weighted by molar-refractivity contribution is 0.413. The highest BCUT2D eigenvalue weighted by Gasteiger charge is 2.32. The molecule has 0 fully saturated rings. The van der Waals surface area contributed by atoms with Crippen molar-refractivity contribution >= 4 is 18.5 Å². The van der Waals surface area contributed by atoms with Crippen molar-refractivity contribution in [3.63, 3.8) is 0 Å². The Labute approximate surface area is 100 Å². The largest absolute Gasteiger partial charge is 0.167 e. The van der Waals surface area contributed by atoms with Crippen LogP contribution >= 0.6 is 11.1 Å². The molecule has 1 unspecified atom stereocenters. The predicted octanol–water partition coefficient (Wildman–Crippen LogP) is 5.12. The Bertz CT molecular complexity index is 299. The molecule has 0 N–H and O–H groups in total. The van der Waals surface area contributed by atoms with Gasteiger partial charge in [-0.3, -0.25) is 0 Å². The van der Waals surface area contributed by atoms with Crippen molar-refractivity contribution in [2.24, 2.45) is 5.41 Å². The zero-order chi connectivity index (χ0) is 11.9. The average molecular weight is 243 g/mol. The van der Waals surface area contributed by atoms with Gasteiger partial charge in [0.25, 0.3) is 0 Å². The van der Waals surface area contributed by atoms with E-state index in [2.05, 4.69) is 52.9 Å². The molecule has 0 saturated carbocycles. The van der Waals surface area contributed by atoms with Crippen LogP contribution in [-0.2, 0) is 0 Å². The molecule has 15 heavy (non-hydrogen) atoms. The molecule has 0 aromatic heterocycles. The molecule has 0 aliphatic heterocycles. The Balaban J connectivity index is 2.81. The SMILES string of the molecule is CC1=CC(CC(C)(C)C)=CC1[Si](C)(C)Cl. The topological polar surface area (TPSA) is 0 Å². The summed E-state index contributed by atoms with van der Waals surface area (Å²) in [5.74, 6) is 0. The Hall–Kier alpha value is -0.0131. The van der Waals surface area contributed by atoms with Crippen LogP contribution in [0.1, 0.15) is 34.1 Å². The maximum absolute atomic E-state index is 6.52. The summed E-state index contributed by atoms with van der Waals surface area (Å²) in [6, 6.07) is 0. The van der Waals surface area contributed by atoms with Gasteiger partial charge >= 0.3 is 0 Å². The van der Waals surface area contributed by atoms with Gasteiger partial charge in [-0.2, -0.15) is 11.1 Å². The Morgan fingerprint density at radius 3 is 2.20 bits per heavy atom. The molecule has 1 aliphatic carbocycles. The minimum atomic E-state index is -1.58. The standard InChI is InChI=1S/C13H23ClSi/c1-10-7-11(9-13(2,3)4)8-12(10)15(5,6)14/h7-8,12H,9H2,1-6H3. The first-order valence-corrected chi connectivity index (χ1v) is 9.76. The first kappa shape index (κ1) is 13.1. The van der Waals surface area contributed by atoms with Crippen LogP contribution in [0.4, 0.5) is 0 Å². The number of hydrogen-bond acceptors (Lipinski definition) is 0. The van der Waals surface area contributed by atoms with Crippen LogP contribution in [0.15, 0.2) is 23.3 Å². The summed E-state index contributed by atoms with van der Waals surface area (Å²) >= 11 is 6.52. The van der Waals surface area contributed by atoms with Gasteiger partial charge in [-0.1, -0.05) is 57.2 Å². The number of hydrogen-bond donors (Lipinski definition) is 0. The third-order valence-corrected chi connectivity index (χ3v) is 5.56. The van der Waals surface area contributed by atoms with Gasteiger partial charge in [0.15, 0.2) is 7.38 Å². The highest BCUT2D eigenvalue weighted by Crippen LogP contribution is 2.41. The molecular weight excluding hydrogens is 220 g/mol. The molecule has 2 heteroatoms. The summed E-state index contributed by atoms with van der Waals surface area (Å²) < 4.78 is 0. The van der Waals surface area contributed by atoms with Crippen molar-refractivity contribution in [3.8, 4) is 0 Å². The molecule has 1 atom stereocenters. The summed E-state index contributed by atoms with van der Waals surface area (Å²) in [7, 11) is -1.58. The molecule has 0 amide bonds. The van der Waals surface area contributed by atoms with E-state index in [1.54, 1.807) is 0 Å². The maximum atomic E-state index is 6.52. The Morgan fingerprint density at radius 2 is 1.87 bits per heavy atom. The first-order chi connectivity index (χ1) is 6.59. The Morgan fingerprint density at radius 1 is 1.33 bits per heavy atom. The molecular formula is C13H23ClSi. The van der Waals surface area contributed by atoms with Gasteiger partial charge in [0.2, 0.25) is 0 Å². The number of allylic oxidation sites excluding steroid dienone is 4. The molecule has 86 valence electrons. The van der Waals surface area contributed by atoms with Crippen LogP contribution in [0.5, 0.6) is 0 Å². The molecule has 0 heterocycles. The molecule has 0 spiro atoms. The lowest BCUT2D eigenvalue weighted by Crippen LogP contribution is -2.23. The maximum Gasteiger partial charge on any atom is 0.161 e. The van der Waals surface area contributed by atoms with E-state index in [0.29, 0.717) is 11.0 Å². The molecule has 0 bridgehead atoms. The van der Waals surface area contributed by atoms with Gasteiger partial charge in [-0.05, 0) is 18.8 Å². The van der Waals surface area contributed by atoms with Crippen LogP contribution in [-0.4, -0.2) is 7.38 Å². The van der Waals surface area contributed by atoms with E-state index in [4.69, 9.17) is 11.1 Å². The van der Waals surface area contributed by atoms with Crippen molar-refractivity contribution < 1.29 is 0 Å². The van der Waals surface area contributed by atoms with Crippen LogP contribution in [0.2, 0.25) is 18.6 Å². The van der Waals surface area contributed by atoms with Gasteiger partial charge in [0, 0.05) is 5.54 Å². The minimum Gasteiger partial charge on any atom is -0.167 e. The van der Waals surface area contributed by atoms with Crippen LogP contribution in [0.25, 0.3) is 0 Å². The highest BCUT2D eigenvalue weighted by atomic mass is 35.6. The van der Waals surface area contributed by atoms with Gasteiger partial charge < -0.3 is 0 Å². The van der Waals surface area contributed by atoms with Crippen molar-refractivity contribution in [2.75, 3.05) is 0 Å². The lowest BCUT2D eigenvalue weighted by Gasteiger charge is -2.22. The second-order valence-electron chi connectivity index (χ2n) is 6.41. The van der Waals surface area contributed by atoms with E-state index in [1.807, 2.05) is 0 Å². The van der Waals surface area contributed by atoms with Gasteiger partial charge in [0.05, 0.1) is 0 Å².